The van der Waals surface area contributed by atoms with Crippen molar-refractivity contribution in [3.63, 3.8) is 0 Å². The third-order valence-electron chi connectivity index (χ3n) is 3.62. The fourth-order valence-electron chi connectivity index (χ4n) is 2.25. The zero-order valence-corrected chi connectivity index (χ0v) is 11.0. The van der Waals surface area contributed by atoms with E-state index in [1.807, 2.05) is 6.07 Å². The third-order valence-corrected chi connectivity index (χ3v) is 3.62. The van der Waals surface area contributed by atoms with Crippen molar-refractivity contribution >= 4 is 11.4 Å². The Kier molecular flexibility index (Phi) is 3.67. The normalized spacial score (nSPS) is 20.1. The molecule has 2 rings (SSSR count). The summed E-state index contributed by atoms with van der Waals surface area (Å²) < 4.78 is 0. The standard InChI is InChI=1S/C13H16N4O2/c1-10-9-16(6-5-15(10)2)12-4-3-11(8-14)13(7-12)17(18)19/h3-4,7,10H,5-6,9H2,1-2H3. The van der Waals surface area contributed by atoms with Crippen molar-refractivity contribution in [1.82, 2.24) is 4.90 Å². The molecule has 0 N–H and O–H groups in total. The first-order valence-corrected chi connectivity index (χ1v) is 6.16. The summed E-state index contributed by atoms with van der Waals surface area (Å²) in [4.78, 5) is 14.8. The van der Waals surface area contributed by atoms with E-state index >= 15 is 0 Å². The number of nitrogens with zero attached hydrogens (tertiary/aromatic N) is 4. The van der Waals surface area contributed by atoms with Gasteiger partial charge in [0.15, 0.2) is 0 Å². The molecule has 1 fully saturated rings. The van der Waals surface area contributed by atoms with E-state index in [2.05, 4.69) is 23.8 Å². The Morgan fingerprint density at radius 3 is 2.79 bits per heavy atom. The average molecular weight is 260 g/mol. The SMILES string of the molecule is CC1CN(c2ccc(C#N)c([N+](=O)[O-])c2)CCN1C. The molecule has 0 bridgehead atoms. The van der Waals surface area contributed by atoms with Gasteiger partial charge in [0.25, 0.3) is 5.69 Å². The van der Waals surface area contributed by atoms with Crippen LogP contribution in [0.1, 0.15) is 12.5 Å². The molecule has 1 atom stereocenters. The number of rotatable bonds is 2. The van der Waals surface area contributed by atoms with Crippen LogP contribution in [0.3, 0.4) is 0 Å². The van der Waals surface area contributed by atoms with Crippen LogP contribution in [0.4, 0.5) is 11.4 Å². The molecule has 1 aromatic carbocycles. The number of hydrogen-bond donors (Lipinski definition) is 0. The Morgan fingerprint density at radius 2 is 2.21 bits per heavy atom. The van der Waals surface area contributed by atoms with Crippen LogP contribution >= 0.6 is 0 Å². The number of benzene rings is 1. The molecule has 1 saturated heterocycles. The minimum Gasteiger partial charge on any atom is -0.368 e. The number of nitriles is 1. The van der Waals surface area contributed by atoms with E-state index in [9.17, 15) is 10.1 Å². The first kappa shape index (κ1) is 13.3. The summed E-state index contributed by atoms with van der Waals surface area (Å²) in [5.74, 6) is 0. The van der Waals surface area contributed by atoms with E-state index in [1.165, 1.54) is 12.1 Å². The quantitative estimate of drug-likeness (QED) is 0.596. The maximum Gasteiger partial charge on any atom is 0.289 e. The third kappa shape index (κ3) is 2.66. The lowest BCUT2D eigenvalue weighted by molar-refractivity contribution is -0.385. The zero-order valence-electron chi connectivity index (χ0n) is 11.0. The highest BCUT2D eigenvalue weighted by Gasteiger charge is 2.23. The average Bonchev–Trinajstić information content (AvgIpc) is 2.41. The van der Waals surface area contributed by atoms with Crippen molar-refractivity contribution in [2.45, 2.75) is 13.0 Å². The molecule has 1 unspecified atom stereocenters. The molecule has 0 aliphatic carbocycles. The van der Waals surface area contributed by atoms with Crippen molar-refractivity contribution in [3.05, 3.63) is 33.9 Å². The van der Waals surface area contributed by atoms with Gasteiger partial charge in [0.05, 0.1) is 4.92 Å². The largest absolute Gasteiger partial charge is 0.368 e. The molecule has 1 aliphatic heterocycles. The van der Waals surface area contributed by atoms with Gasteiger partial charge in [0.2, 0.25) is 0 Å². The second-order valence-corrected chi connectivity index (χ2v) is 4.85. The predicted molar refractivity (Wildman–Crippen MR) is 72.1 cm³/mol. The Bertz CT molecular complexity index is 538. The van der Waals surface area contributed by atoms with Crippen molar-refractivity contribution in [1.29, 1.82) is 5.26 Å². The summed E-state index contributed by atoms with van der Waals surface area (Å²) in [5, 5.41) is 19.8. The molecular weight excluding hydrogens is 244 g/mol. The van der Waals surface area contributed by atoms with Crippen molar-refractivity contribution in [3.8, 4) is 6.07 Å². The van der Waals surface area contributed by atoms with Gasteiger partial charge in [-0.25, -0.2) is 0 Å². The molecule has 0 spiro atoms. The molecule has 1 aliphatic rings. The number of likely N-dealkylation sites (N-methyl/N-ethyl adjacent to an activating group) is 1. The van der Waals surface area contributed by atoms with Crippen molar-refractivity contribution < 1.29 is 4.92 Å². The highest BCUT2D eigenvalue weighted by Crippen LogP contribution is 2.26. The molecule has 1 aromatic rings. The lowest BCUT2D eigenvalue weighted by Gasteiger charge is -2.38. The first-order chi connectivity index (χ1) is 9.02. The smallest absolute Gasteiger partial charge is 0.289 e. The van der Waals surface area contributed by atoms with E-state index in [1.54, 1.807) is 6.07 Å². The van der Waals surface area contributed by atoms with E-state index in [0.29, 0.717) is 6.04 Å². The minimum atomic E-state index is -0.498. The maximum atomic E-state index is 11.0. The highest BCUT2D eigenvalue weighted by molar-refractivity contribution is 5.60. The predicted octanol–water partition coefficient (Wildman–Crippen LogP) is 1.61. The molecule has 0 aromatic heterocycles. The van der Waals surface area contributed by atoms with Gasteiger partial charge in [-0.15, -0.1) is 0 Å². The fraction of sp³-hybridized carbons (Fsp3) is 0.462. The number of anilines is 1. The molecule has 0 amide bonds. The van der Waals surface area contributed by atoms with E-state index in [-0.39, 0.29) is 11.3 Å². The van der Waals surface area contributed by atoms with Crippen LogP contribution in [0.2, 0.25) is 0 Å². The van der Waals surface area contributed by atoms with Gasteiger partial charge in [-0.05, 0) is 26.1 Å². The van der Waals surface area contributed by atoms with Crippen LogP contribution in [0, 0.1) is 21.4 Å². The van der Waals surface area contributed by atoms with Crippen LogP contribution in [0.15, 0.2) is 18.2 Å². The lowest BCUT2D eigenvalue weighted by atomic mass is 10.1. The second-order valence-electron chi connectivity index (χ2n) is 4.85. The van der Waals surface area contributed by atoms with E-state index in [0.717, 1.165) is 25.3 Å². The molecule has 19 heavy (non-hydrogen) atoms. The Balaban J connectivity index is 2.29. The van der Waals surface area contributed by atoms with Gasteiger partial charge in [0, 0.05) is 37.4 Å². The number of piperazine rings is 1. The Labute approximate surface area is 112 Å². The topological polar surface area (TPSA) is 73.4 Å². The van der Waals surface area contributed by atoms with Gasteiger partial charge in [0.1, 0.15) is 11.6 Å². The molecular formula is C13H16N4O2. The number of nitro benzene ring substituents is 1. The molecule has 6 nitrogen and oxygen atoms in total. The molecule has 100 valence electrons. The maximum absolute atomic E-state index is 11.0. The Morgan fingerprint density at radius 1 is 1.47 bits per heavy atom. The summed E-state index contributed by atoms with van der Waals surface area (Å²) in [6.45, 7) is 4.72. The molecule has 0 saturated carbocycles. The van der Waals surface area contributed by atoms with Gasteiger partial charge in [-0.3, -0.25) is 10.1 Å². The van der Waals surface area contributed by atoms with E-state index < -0.39 is 4.92 Å². The van der Waals surface area contributed by atoms with Gasteiger partial charge in [-0.1, -0.05) is 0 Å². The fourth-order valence-corrected chi connectivity index (χ4v) is 2.25. The summed E-state index contributed by atoms with van der Waals surface area (Å²) >= 11 is 0. The summed E-state index contributed by atoms with van der Waals surface area (Å²) in [6, 6.07) is 7.06. The Hall–Kier alpha value is -2.13. The van der Waals surface area contributed by atoms with Gasteiger partial charge in [-0.2, -0.15) is 5.26 Å². The van der Waals surface area contributed by atoms with Crippen LogP contribution in [0.5, 0.6) is 0 Å². The van der Waals surface area contributed by atoms with Crippen molar-refractivity contribution in [2.24, 2.45) is 0 Å². The second kappa shape index (κ2) is 5.24. The molecule has 6 heteroatoms. The first-order valence-electron chi connectivity index (χ1n) is 6.16. The monoisotopic (exact) mass is 260 g/mol. The van der Waals surface area contributed by atoms with Crippen LogP contribution in [0.25, 0.3) is 0 Å². The zero-order chi connectivity index (χ0) is 14.0. The van der Waals surface area contributed by atoms with Crippen LogP contribution in [-0.2, 0) is 0 Å². The number of nitro groups is 1. The van der Waals surface area contributed by atoms with Gasteiger partial charge >= 0.3 is 0 Å². The van der Waals surface area contributed by atoms with E-state index in [4.69, 9.17) is 5.26 Å². The summed E-state index contributed by atoms with van der Waals surface area (Å²) in [5.41, 5.74) is 0.799. The number of hydrogen-bond acceptors (Lipinski definition) is 5. The minimum absolute atomic E-state index is 0.107. The van der Waals surface area contributed by atoms with Gasteiger partial charge < -0.3 is 9.80 Å². The molecule has 1 heterocycles. The van der Waals surface area contributed by atoms with Crippen molar-refractivity contribution in [2.75, 3.05) is 31.6 Å². The summed E-state index contributed by atoms with van der Waals surface area (Å²) in [7, 11) is 2.07. The lowest BCUT2D eigenvalue weighted by Crippen LogP contribution is -2.50. The highest BCUT2D eigenvalue weighted by atomic mass is 16.6. The summed E-state index contributed by atoms with van der Waals surface area (Å²) in [6.07, 6.45) is 0. The van der Waals surface area contributed by atoms with Crippen LogP contribution < -0.4 is 4.90 Å². The van der Waals surface area contributed by atoms with Crippen LogP contribution in [-0.4, -0.2) is 42.5 Å². The molecule has 0 radical (unpaired) electrons.